The summed E-state index contributed by atoms with van der Waals surface area (Å²) in [5.74, 6) is -1.81. The summed E-state index contributed by atoms with van der Waals surface area (Å²) in [6, 6.07) is 3.46. The molecular formula is C19H22BrFO5S. The zero-order valence-corrected chi connectivity index (χ0v) is 17.6. The third-order valence-corrected chi connectivity index (χ3v) is 5.79. The van der Waals surface area contributed by atoms with E-state index in [2.05, 4.69) is 15.9 Å². The number of methoxy groups -OCH3 is 1. The van der Waals surface area contributed by atoms with Gasteiger partial charge in [0.15, 0.2) is 17.3 Å². The summed E-state index contributed by atoms with van der Waals surface area (Å²) in [6.45, 7) is 1.88. The van der Waals surface area contributed by atoms with Crippen molar-refractivity contribution in [1.29, 1.82) is 0 Å². The number of carboxylic acid groups (broad SMARTS) is 1. The van der Waals surface area contributed by atoms with E-state index >= 15 is 0 Å². The third kappa shape index (κ3) is 5.65. The molecule has 0 aliphatic rings. The quantitative estimate of drug-likeness (QED) is 0.384. The van der Waals surface area contributed by atoms with Crippen LogP contribution in [0.4, 0.5) is 4.39 Å². The normalized spacial score (nSPS) is 12.1. The lowest BCUT2D eigenvalue weighted by atomic mass is 10.0. The summed E-state index contributed by atoms with van der Waals surface area (Å²) in [6.07, 6.45) is 1.43. The van der Waals surface area contributed by atoms with Gasteiger partial charge in [0.1, 0.15) is 5.78 Å². The zero-order valence-electron chi connectivity index (χ0n) is 15.2. The van der Waals surface area contributed by atoms with Crippen LogP contribution in [0.3, 0.4) is 0 Å². The first-order valence-electron chi connectivity index (χ1n) is 8.59. The highest BCUT2D eigenvalue weighted by Crippen LogP contribution is 2.40. The Hall–Kier alpha value is -1.67. The van der Waals surface area contributed by atoms with Gasteiger partial charge in [0.05, 0.1) is 19.6 Å². The van der Waals surface area contributed by atoms with Crippen molar-refractivity contribution in [2.45, 2.75) is 32.6 Å². The molecule has 27 heavy (non-hydrogen) atoms. The molecule has 5 nitrogen and oxygen atoms in total. The number of aliphatic carboxylic acids is 1. The van der Waals surface area contributed by atoms with Gasteiger partial charge in [-0.15, -0.1) is 11.3 Å². The molecule has 0 radical (unpaired) electrons. The fourth-order valence-corrected chi connectivity index (χ4v) is 3.90. The summed E-state index contributed by atoms with van der Waals surface area (Å²) < 4.78 is 26.4. The minimum Gasteiger partial charge on any atom is -0.493 e. The first-order valence-corrected chi connectivity index (χ1v) is 10.5. The van der Waals surface area contributed by atoms with Crippen molar-refractivity contribution in [2.24, 2.45) is 5.92 Å². The summed E-state index contributed by atoms with van der Waals surface area (Å²) in [5.41, 5.74) is 0. The van der Waals surface area contributed by atoms with Gasteiger partial charge in [-0.3, -0.25) is 9.59 Å². The van der Waals surface area contributed by atoms with Crippen LogP contribution < -0.4 is 9.47 Å². The van der Waals surface area contributed by atoms with Crippen molar-refractivity contribution in [1.82, 2.24) is 0 Å². The number of ketones is 1. The van der Waals surface area contributed by atoms with Gasteiger partial charge in [-0.1, -0.05) is 22.9 Å². The number of hydrogen-bond acceptors (Lipinski definition) is 5. The number of thiophene rings is 1. The summed E-state index contributed by atoms with van der Waals surface area (Å²) >= 11 is 4.70. The lowest BCUT2D eigenvalue weighted by Gasteiger charge is -2.11. The molecule has 1 aromatic carbocycles. The average molecular weight is 461 g/mol. The predicted molar refractivity (Wildman–Crippen MR) is 107 cm³/mol. The van der Waals surface area contributed by atoms with E-state index in [1.165, 1.54) is 25.4 Å². The third-order valence-electron chi connectivity index (χ3n) is 4.08. The van der Waals surface area contributed by atoms with Gasteiger partial charge in [-0.05, 0) is 18.9 Å². The van der Waals surface area contributed by atoms with Crippen molar-refractivity contribution < 1.29 is 28.6 Å². The van der Waals surface area contributed by atoms with Gasteiger partial charge >= 0.3 is 5.97 Å². The lowest BCUT2D eigenvalue weighted by Crippen LogP contribution is -2.14. The summed E-state index contributed by atoms with van der Waals surface area (Å²) in [7, 11) is 1.47. The van der Waals surface area contributed by atoms with Crippen molar-refractivity contribution in [3.05, 3.63) is 22.8 Å². The van der Waals surface area contributed by atoms with Gasteiger partial charge in [0, 0.05) is 39.2 Å². The maximum absolute atomic E-state index is 14.9. The SMILES string of the molecule is COc1cc2sc(CCC(=O)C[C@H](C)C(=O)O)cc2c(F)c1OCCCBr. The van der Waals surface area contributed by atoms with Crippen LogP contribution in [0.1, 0.15) is 31.1 Å². The topological polar surface area (TPSA) is 72.8 Å². The van der Waals surface area contributed by atoms with Crippen LogP contribution in [0.5, 0.6) is 11.5 Å². The van der Waals surface area contributed by atoms with E-state index in [4.69, 9.17) is 14.6 Å². The maximum Gasteiger partial charge on any atom is 0.306 e. The molecule has 0 unspecified atom stereocenters. The number of carboxylic acids is 1. The molecular weight excluding hydrogens is 439 g/mol. The molecule has 148 valence electrons. The summed E-state index contributed by atoms with van der Waals surface area (Å²) in [5, 5.41) is 10.1. The zero-order chi connectivity index (χ0) is 20.0. The van der Waals surface area contributed by atoms with Crippen LogP contribution in [0.25, 0.3) is 10.1 Å². The molecule has 2 aromatic rings. The Labute approximate surface area is 169 Å². The van der Waals surface area contributed by atoms with Crippen molar-refractivity contribution in [2.75, 3.05) is 19.0 Å². The summed E-state index contributed by atoms with van der Waals surface area (Å²) in [4.78, 5) is 23.6. The van der Waals surface area contributed by atoms with Crippen LogP contribution >= 0.6 is 27.3 Å². The van der Waals surface area contributed by atoms with Crippen LogP contribution in [0, 0.1) is 11.7 Å². The van der Waals surface area contributed by atoms with E-state index in [-0.39, 0.29) is 24.4 Å². The van der Waals surface area contributed by atoms with Crippen LogP contribution in [0.15, 0.2) is 12.1 Å². The van der Waals surface area contributed by atoms with Crippen molar-refractivity contribution in [3.8, 4) is 11.5 Å². The van der Waals surface area contributed by atoms with E-state index in [1.54, 1.807) is 12.1 Å². The number of ether oxygens (including phenoxy) is 2. The highest BCUT2D eigenvalue weighted by Gasteiger charge is 2.19. The van der Waals surface area contributed by atoms with Crippen LogP contribution in [-0.2, 0) is 16.0 Å². The smallest absolute Gasteiger partial charge is 0.306 e. The molecule has 0 spiro atoms. The number of halogens is 2. The van der Waals surface area contributed by atoms with Gasteiger partial charge < -0.3 is 14.6 Å². The Morgan fingerprint density at radius 3 is 2.74 bits per heavy atom. The molecule has 8 heteroatoms. The maximum atomic E-state index is 14.9. The minimum absolute atomic E-state index is 0.00791. The molecule has 0 aliphatic carbocycles. The van der Waals surface area contributed by atoms with Crippen molar-refractivity contribution in [3.63, 3.8) is 0 Å². The highest BCUT2D eigenvalue weighted by molar-refractivity contribution is 9.09. The molecule has 1 aromatic heterocycles. The number of rotatable bonds is 11. The minimum atomic E-state index is -0.980. The molecule has 0 saturated carbocycles. The van der Waals surface area contributed by atoms with E-state index in [9.17, 15) is 14.0 Å². The lowest BCUT2D eigenvalue weighted by molar-refractivity contribution is -0.143. The Morgan fingerprint density at radius 1 is 1.37 bits per heavy atom. The molecule has 0 aliphatic heterocycles. The van der Waals surface area contributed by atoms with Gasteiger partial charge in [-0.25, -0.2) is 4.39 Å². The number of fused-ring (bicyclic) bond motifs is 1. The molecule has 2 rings (SSSR count). The first kappa shape index (κ1) is 21.6. The second kappa shape index (κ2) is 10.0. The largest absolute Gasteiger partial charge is 0.493 e. The van der Waals surface area contributed by atoms with E-state index < -0.39 is 17.7 Å². The first-order chi connectivity index (χ1) is 12.9. The Kier molecular flexibility index (Phi) is 8.04. The Bertz CT molecular complexity index is 820. The second-order valence-corrected chi connectivity index (χ2v) is 8.18. The van der Waals surface area contributed by atoms with Crippen LogP contribution in [-0.4, -0.2) is 35.9 Å². The number of hydrogen-bond donors (Lipinski definition) is 1. The predicted octanol–water partition coefficient (Wildman–Crippen LogP) is 4.83. The van der Waals surface area contributed by atoms with Crippen LogP contribution in [0.2, 0.25) is 0 Å². The van der Waals surface area contributed by atoms with E-state index in [1.807, 2.05) is 0 Å². The highest BCUT2D eigenvalue weighted by atomic mass is 79.9. The van der Waals surface area contributed by atoms with E-state index in [0.29, 0.717) is 24.2 Å². The fraction of sp³-hybridized carbons (Fsp3) is 0.474. The molecule has 0 bridgehead atoms. The van der Waals surface area contributed by atoms with Gasteiger partial charge in [0.25, 0.3) is 0 Å². The van der Waals surface area contributed by atoms with Gasteiger partial charge in [0.2, 0.25) is 0 Å². The van der Waals surface area contributed by atoms with Gasteiger partial charge in [-0.2, -0.15) is 0 Å². The molecule has 1 heterocycles. The number of Topliss-reactive ketones (excluding diaryl/α,β-unsaturated/α-hetero) is 1. The number of carbonyl (C=O) groups excluding carboxylic acids is 1. The molecule has 0 amide bonds. The average Bonchev–Trinajstić information content (AvgIpc) is 3.05. The molecule has 0 saturated heterocycles. The van der Waals surface area contributed by atoms with E-state index in [0.717, 1.165) is 21.3 Å². The second-order valence-electron chi connectivity index (χ2n) is 6.22. The standard InChI is InChI=1S/C19H22BrFO5S/c1-11(19(23)24)8-12(22)4-5-13-9-14-16(27-13)10-15(25-2)18(17(14)21)26-7-3-6-20/h9-11H,3-8H2,1-2H3,(H,23,24)/t11-/m0/s1. The fourth-order valence-electron chi connectivity index (χ4n) is 2.58. The number of aryl methyl sites for hydroxylation is 1. The number of carbonyl (C=O) groups is 2. The molecule has 1 atom stereocenters. The van der Waals surface area contributed by atoms with Crippen molar-refractivity contribution >= 4 is 49.1 Å². The molecule has 1 N–H and O–H groups in total. The monoisotopic (exact) mass is 460 g/mol. The molecule has 0 fully saturated rings. The Morgan fingerprint density at radius 2 is 2.11 bits per heavy atom. The number of alkyl halides is 1. The Balaban J connectivity index is 2.15. The number of benzene rings is 1.